The summed E-state index contributed by atoms with van der Waals surface area (Å²) in [5, 5.41) is 3.32. The molecule has 0 amide bonds. The molecule has 18 heavy (non-hydrogen) atoms. The van der Waals surface area contributed by atoms with E-state index >= 15 is 0 Å². The third-order valence-corrected chi connectivity index (χ3v) is 3.27. The molecule has 1 aromatic rings. The lowest BCUT2D eigenvalue weighted by molar-refractivity contribution is 0.231. The molecule has 0 saturated carbocycles. The van der Waals surface area contributed by atoms with Crippen molar-refractivity contribution in [1.82, 2.24) is 5.32 Å². The number of nitrogens with one attached hydrogen (secondary N) is 1. The molecule has 0 saturated heterocycles. The third kappa shape index (κ3) is 4.73. The minimum absolute atomic E-state index is 0.102. The molecule has 0 aliphatic heterocycles. The summed E-state index contributed by atoms with van der Waals surface area (Å²) in [7, 11) is 0. The quantitative estimate of drug-likeness (QED) is 0.844. The Morgan fingerprint density at radius 1 is 1.11 bits per heavy atom. The maximum Gasteiger partial charge on any atom is 0.126 e. The highest BCUT2D eigenvalue weighted by atomic mass is 19.1. The highest BCUT2D eigenvalue weighted by Crippen LogP contribution is 2.29. The SMILES string of the molecule is CCNCC(Cc1cc(F)cc(F)c1)C(C)(C)C. The first kappa shape index (κ1) is 15.1. The van der Waals surface area contributed by atoms with Crippen LogP contribution in [0, 0.1) is 23.0 Å². The largest absolute Gasteiger partial charge is 0.317 e. The minimum Gasteiger partial charge on any atom is -0.317 e. The summed E-state index contributed by atoms with van der Waals surface area (Å²) in [5.74, 6) is -0.652. The second kappa shape index (κ2) is 6.28. The summed E-state index contributed by atoms with van der Waals surface area (Å²) in [5.41, 5.74) is 0.829. The molecule has 0 aromatic heterocycles. The molecule has 3 heteroatoms. The highest BCUT2D eigenvalue weighted by Gasteiger charge is 2.24. The summed E-state index contributed by atoms with van der Waals surface area (Å²) in [4.78, 5) is 0. The van der Waals surface area contributed by atoms with Gasteiger partial charge in [0.2, 0.25) is 0 Å². The fraction of sp³-hybridized carbons (Fsp3) is 0.600. The van der Waals surface area contributed by atoms with Gasteiger partial charge in [-0.25, -0.2) is 8.78 Å². The summed E-state index contributed by atoms with van der Waals surface area (Å²) in [6.45, 7) is 10.3. The number of benzene rings is 1. The van der Waals surface area contributed by atoms with Gasteiger partial charge in [0, 0.05) is 6.07 Å². The van der Waals surface area contributed by atoms with Crippen molar-refractivity contribution in [3.05, 3.63) is 35.4 Å². The predicted octanol–water partition coefficient (Wildman–Crippen LogP) is 3.78. The maximum absolute atomic E-state index is 13.2. The zero-order valence-corrected chi connectivity index (χ0v) is 11.7. The van der Waals surface area contributed by atoms with E-state index in [4.69, 9.17) is 0 Å². The molecule has 1 atom stereocenters. The minimum atomic E-state index is -0.499. The monoisotopic (exact) mass is 255 g/mol. The Morgan fingerprint density at radius 2 is 1.67 bits per heavy atom. The van der Waals surface area contributed by atoms with Crippen LogP contribution in [0.3, 0.4) is 0 Å². The number of hydrogen-bond donors (Lipinski definition) is 1. The topological polar surface area (TPSA) is 12.0 Å². The van der Waals surface area contributed by atoms with E-state index in [2.05, 4.69) is 33.0 Å². The second-order valence-corrected chi connectivity index (χ2v) is 5.85. The number of rotatable bonds is 5. The number of hydrogen-bond acceptors (Lipinski definition) is 1. The van der Waals surface area contributed by atoms with Gasteiger partial charge >= 0.3 is 0 Å². The van der Waals surface area contributed by atoms with Gasteiger partial charge in [0.1, 0.15) is 11.6 Å². The molecule has 0 aliphatic carbocycles. The molecule has 0 bridgehead atoms. The van der Waals surface area contributed by atoms with Crippen molar-refractivity contribution in [3.63, 3.8) is 0 Å². The zero-order valence-electron chi connectivity index (χ0n) is 11.7. The van der Waals surface area contributed by atoms with E-state index in [1.54, 1.807) is 0 Å². The molecule has 0 spiro atoms. The van der Waals surface area contributed by atoms with Crippen molar-refractivity contribution >= 4 is 0 Å². The molecule has 1 N–H and O–H groups in total. The van der Waals surface area contributed by atoms with Gasteiger partial charge in [0.25, 0.3) is 0 Å². The molecule has 1 rings (SSSR count). The van der Waals surface area contributed by atoms with E-state index in [9.17, 15) is 8.78 Å². The Hall–Kier alpha value is -0.960. The molecular weight excluding hydrogens is 232 g/mol. The van der Waals surface area contributed by atoms with Gasteiger partial charge in [0.05, 0.1) is 0 Å². The van der Waals surface area contributed by atoms with Gasteiger partial charge in [-0.1, -0.05) is 27.7 Å². The lowest BCUT2D eigenvalue weighted by Crippen LogP contribution is -2.33. The molecule has 0 radical (unpaired) electrons. The van der Waals surface area contributed by atoms with Gasteiger partial charge in [-0.2, -0.15) is 0 Å². The van der Waals surface area contributed by atoms with Gasteiger partial charge in [-0.15, -0.1) is 0 Å². The lowest BCUT2D eigenvalue weighted by atomic mass is 9.77. The highest BCUT2D eigenvalue weighted by molar-refractivity contribution is 5.18. The average Bonchev–Trinajstić information content (AvgIpc) is 2.21. The summed E-state index contributed by atoms with van der Waals surface area (Å²) in [6.07, 6.45) is 0.686. The zero-order chi connectivity index (χ0) is 13.8. The van der Waals surface area contributed by atoms with Crippen LogP contribution in [-0.2, 0) is 6.42 Å². The van der Waals surface area contributed by atoms with Crippen LogP contribution >= 0.6 is 0 Å². The first-order valence-corrected chi connectivity index (χ1v) is 6.48. The van der Waals surface area contributed by atoms with E-state index in [0.29, 0.717) is 12.3 Å². The van der Waals surface area contributed by atoms with Crippen LogP contribution in [0.4, 0.5) is 8.78 Å². The number of halogens is 2. The summed E-state index contributed by atoms with van der Waals surface area (Å²) >= 11 is 0. The Balaban J connectivity index is 2.82. The average molecular weight is 255 g/mol. The summed E-state index contributed by atoms with van der Waals surface area (Å²) in [6, 6.07) is 3.77. The van der Waals surface area contributed by atoms with E-state index < -0.39 is 11.6 Å². The first-order valence-electron chi connectivity index (χ1n) is 6.48. The lowest BCUT2D eigenvalue weighted by Gasteiger charge is -2.31. The maximum atomic E-state index is 13.2. The van der Waals surface area contributed by atoms with Gasteiger partial charge < -0.3 is 5.32 Å². The molecule has 1 aromatic carbocycles. The van der Waals surface area contributed by atoms with E-state index in [-0.39, 0.29) is 5.41 Å². The van der Waals surface area contributed by atoms with Crippen LogP contribution in [0.1, 0.15) is 33.3 Å². The normalized spacial score (nSPS) is 13.7. The Bertz CT molecular complexity index is 362. The molecule has 0 fully saturated rings. The van der Waals surface area contributed by atoms with Crippen LogP contribution in [0.5, 0.6) is 0 Å². The second-order valence-electron chi connectivity index (χ2n) is 5.85. The summed E-state index contributed by atoms with van der Waals surface area (Å²) < 4.78 is 26.3. The molecule has 0 heterocycles. The standard InChI is InChI=1S/C15H23F2N/c1-5-18-10-12(15(2,3)4)6-11-7-13(16)9-14(17)8-11/h7-9,12,18H,5-6,10H2,1-4H3. The molecule has 1 unspecified atom stereocenters. The van der Waals surface area contributed by atoms with Gasteiger partial charge in [-0.05, 0) is 48.5 Å². The Labute approximate surface area is 109 Å². The predicted molar refractivity (Wildman–Crippen MR) is 71.6 cm³/mol. The molecule has 102 valence electrons. The van der Waals surface area contributed by atoms with Crippen molar-refractivity contribution in [1.29, 1.82) is 0 Å². The smallest absolute Gasteiger partial charge is 0.126 e. The van der Waals surface area contributed by atoms with Crippen LogP contribution in [0.15, 0.2) is 18.2 Å². The van der Waals surface area contributed by atoms with Crippen molar-refractivity contribution < 1.29 is 8.78 Å². The van der Waals surface area contributed by atoms with Crippen molar-refractivity contribution in [2.45, 2.75) is 34.1 Å². The third-order valence-electron chi connectivity index (χ3n) is 3.27. The first-order chi connectivity index (χ1) is 8.32. The van der Waals surface area contributed by atoms with Crippen molar-refractivity contribution in [3.8, 4) is 0 Å². The fourth-order valence-corrected chi connectivity index (χ4v) is 2.02. The van der Waals surface area contributed by atoms with Crippen LogP contribution in [0.25, 0.3) is 0 Å². The van der Waals surface area contributed by atoms with Crippen LogP contribution in [0.2, 0.25) is 0 Å². The van der Waals surface area contributed by atoms with E-state index in [0.717, 1.165) is 24.7 Å². The van der Waals surface area contributed by atoms with Gasteiger partial charge in [0.15, 0.2) is 0 Å². The fourth-order valence-electron chi connectivity index (χ4n) is 2.02. The van der Waals surface area contributed by atoms with Crippen LogP contribution in [-0.4, -0.2) is 13.1 Å². The van der Waals surface area contributed by atoms with Crippen molar-refractivity contribution in [2.24, 2.45) is 11.3 Å². The van der Waals surface area contributed by atoms with Gasteiger partial charge in [-0.3, -0.25) is 0 Å². The van der Waals surface area contributed by atoms with E-state index in [1.807, 2.05) is 0 Å². The van der Waals surface area contributed by atoms with Crippen LogP contribution < -0.4 is 5.32 Å². The molecular formula is C15H23F2N. The molecule has 0 aliphatic rings. The van der Waals surface area contributed by atoms with E-state index in [1.165, 1.54) is 12.1 Å². The van der Waals surface area contributed by atoms with Crippen molar-refractivity contribution in [2.75, 3.05) is 13.1 Å². The Morgan fingerprint density at radius 3 is 2.11 bits per heavy atom. The Kier molecular flexibility index (Phi) is 5.27. The molecule has 1 nitrogen and oxygen atoms in total.